The molecule has 9 heteroatoms. The quantitative estimate of drug-likeness (QED) is 0.809. The van der Waals surface area contributed by atoms with Gasteiger partial charge in [0.25, 0.3) is 5.91 Å². The van der Waals surface area contributed by atoms with Gasteiger partial charge in [0.2, 0.25) is 10.0 Å². The van der Waals surface area contributed by atoms with Crippen LogP contribution in [0.5, 0.6) is 0 Å². The number of pyridine rings is 1. The largest absolute Gasteiger partial charge is 0.354 e. The zero-order valence-corrected chi connectivity index (χ0v) is 15.3. The molecule has 0 aliphatic carbocycles. The lowest BCUT2D eigenvalue weighted by Gasteiger charge is -2.34. The number of anilines is 1. The highest BCUT2D eigenvalue weighted by atomic mass is 32.2. The minimum Gasteiger partial charge on any atom is -0.354 e. The zero-order chi connectivity index (χ0) is 17.7. The van der Waals surface area contributed by atoms with E-state index in [0.29, 0.717) is 31.1 Å². The van der Waals surface area contributed by atoms with Gasteiger partial charge in [-0.25, -0.2) is 13.4 Å². The second-order valence-electron chi connectivity index (χ2n) is 5.62. The van der Waals surface area contributed by atoms with Crippen LogP contribution in [0.1, 0.15) is 9.67 Å². The Morgan fingerprint density at radius 2 is 1.96 bits per heavy atom. The molecule has 1 N–H and O–H groups in total. The monoisotopic (exact) mass is 380 g/mol. The predicted molar refractivity (Wildman–Crippen MR) is 98.5 cm³/mol. The van der Waals surface area contributed by atoms with Crippen molar-refractivity contribution in [1.82, 2.24) is 14.6 Å². The van der Waals surface area contributed by atoms with Gasteiger partial charge >= 0.3 is 0 Å². The van der Waals surface area contributed by atoms with E-state index in [2.05, 4.69) is 15.2 Å². The molecule has 0 aromatic carbocycles. The molecule has 0 unspecified atom stereocenters. The molecule has 0 radical (unpaired) electrons. The van der Waals surface area contributed by atoms with Gasteiger partial charge in [0.05, 0.1) is 10.6 Å². The van der Waals surface area contributed by atoms with Crippen LogP contribution in [-0.2, 0) is 10.0 Å². The van der Waals surface area contributed by atoms with E-state index in [4.69, 9.17) is 0 Å². The number of thiophene rings is 1. The fourth-order valence-corrected chi connectivity index (χ4v) is 4.63. The van der Waals surface area contributed by atoms with E-state index >= 15 is 0 Å². The van der Waals surface area contributed by atoms with E-state index in [1.165, 1.54) is 15.6 Å². The summed E-state index contributed by atoms with van der Waals surface area (Å²) >= 11 is 1.33. The van der Waals surface area contributed by atoms with Crippen LogP contribution in [0.4, 0.5) is 5.82 Å². The number of hydrogen-bond acceptors (Lipinski definition) is 6. The van der Waals surface area contributed by atoms with Gasteiger partial charge in [0, 0.05) is 38.9 Å². The lowest BCUT2D eigenvalue weighted by atomic mass is 10.3. The summed E-state index contributed by atoms with van der Waals surface area (Å²) in [4.78, 5) is 18.8. The van der Waals surface area contributed by atoms with E-state index in [1.807, 2.05) is 23.6 Å². The van der Waals surface area contributed by atoms with Crippen LogP contribution in [0.2, 0.25) is 0 Å². The molecular formula is C16H20N4O3S2. The summed E-state index contributed by atoms with van der Waals surface area (Å²) in [6.45, 7) is 2.19. The molecular weight excluding hydrogens is 360 g/mol. The van der Waals surface area contributed by atoms with E-state index in [1.54, 1.807) is 18.3 Å². The first-order chi connectivity index (χ1) is 12.1. The van der Waals surface area contributed by atoms with Crippen molar-refractivity contribution in [3.8, 4) is 0 Å². The Balaban J connectivity index is 1.47. The number of amides is 1. The lowest BCUT2D eigenvalue weighted by molar-refractivity contribution is 0.0960. The number of sulfonamides is 1. The number of nitrogens with zero attached hydrogens (tertiary/aromatic N) is 3. The standard InChI is InChI=1S/C16H20N4O3S2/c21-16(14-4-3-12-24-14)18-7-13-25(22,23)20-10-8-19(9-11-20)15-5-1-2-6-17-15/h1-6,12H,7-11,13H2,(H,18,21). The summed E-state index contributed by atoms with van der Waals surface area (Å²) in [5, 5.41) is 4.47. The zero-order valence-electron chi connectivity index (χ0n) is 13.7. The van der Waals surface area contributed by atoms with Crippen molar-refractivity contribution in [2.24, 2.45) is 0 Å². The molecule has 1 aliphatic heterocycles. The number of carbonyl (C=O) groups excluding carboxylic acids is 1. The maximum Gasteiger partial charge on any atom is 0.261 e. The molecule has 2 aromatic heterocycles. The minimum atomic E-state index is -3.38. The molecule has 7 nitrogen and oxygen atoms in total. The van der Waals surface area contributed by atoms with E-state index in [-0.39, 0.29) is 18.2 Å². The van der Waals surface area contributed by atoms with Crippen LogP contribution in [0, 0.1) is 0 Å². The van der Waals surface area contributed by atoms with Crippen molar-refractivity contribution < 1.29 is 13.2 Å². The Hall–Kier alpha value is -1.97. The molecule has 0 bridgehead atoms. The molecule has 134 valence electrons. The molecule has 0 spiro atoms. The highest BCUT2D eigenvalue weighted by Crippen LogP contribution is 2.14. The van der Waals surface area contributed by atoms with Crippen molar-refractivity contribution in [2.45, 2.75) is 0 Å². The molecule has 1 fully saturated rings. The third-order valence-electron chi connectivity index (χ3n) is 4.00. The Morgan fingerprint density at radius 3 is 2.60 bits per heavy atom. The highest BCUT2D eigenvalue weighted by molar-refractivity contribution is 7.89. The maximum absolute atomic E-state index is 12.4. The fraction of sp³-hybridized carbons (Fsp3) is 0.375. The highest BCUT2D eigenvalue weighted by Gasteiger charge is 2.27. The summed E-state index contributed by atoms with van der Waals surface area (Å²) in [5.74, 6) is 0.543. The van der Waals surface area contributed by atoms with Crippen LogP contribution in [0.3, 0.4) is 0 Å². The molecule has 1 aliphatic rings. The average molecular weight is 380 g/mol. The molecule has 1 amide bonds. The predicted octanol–water partition coefficient (Wildman–Crippen LogP) is 1.02. The molecule has 3 rings (SSSR count). The first kappa shape index (κ1) is 17.8. The van der Waals surface area contributed by atoms with Crippen molar-refractivity contribution in [3.05, 3.63) is 46.8 Å². The number of nitrogens with one attached hydrogen (secondary N) is 1. The third-order valence-corrected chi connectivity index (χ3v) is 6.74. The van der Waals surface area contributed by atoms with Crippen LogP contribution < -0.4 is 10.2 Å². The molecule has 2 aromatic rings. The number of aromatic nitrogens is 1. The number of rotatable bonds is 6. The SMILES string of the molecule is O=C(NCCS(=O)(=O)N1CCN(c2ccccn2)CC1)c1cccs1. The van der Waals surface area contributed by atoms with Gasteiger partial charge in [-0.15, -0.1) is 11.3 Å². The summed E-state index contributed by atoms with van der Waals surface area (Å²) in [7, 11) is -3.38. The van der Waals surface area contributed by atoms with Gasteiger partial charge in [0.1, 0.15) is 5.82 Å². The average Bonchev–Trinajstić information content (AvgIpc) is 3.17. The van der Waals surface area contributed by atoms with Gasteiger partial charge in [0.15, 0.2) is 0 Å². The van der Waals surface area contributed by atoms with E-state index in [9.17, 15) is 13.2 Å². The second-order valence-corrected chi connectivity index (χ2v) is 8.66. The van der Waals surface area contributed by atoms with Crippen LogP contribution in [0.15, 0.2) is 41.9 Å². The minimum absolute atomic E-state index is 0.0896. The van der Waals surface area contributed by atoms with Gasteiger partial charge in [-0.05, 0) is 23.6 Å². The summed E-state index contributed by atoms with van der Waals surface area (Å²) in [6.07, 6.45) is 1.73. The number of hydrogen-bond donors (Lipinski definition) is 1. The maximum atomic E-state index is 12.4. The molecule has 25 heavy (non-hydrogen) atoms. The Bertz CT molecular complexity index is 786. The topological polar surface area (TPSA) is 82.6 Å². The van der Waals surface area contributed by atoms with Crippen LogP contribution >= 0.6 is 11.3 Å². The van der Waals surface area contributed by atoms with Crippen molar-refractivity contribution in [3.63, 3.8) is 0 Å². The van der Waals surface area contributed by atoms with Crippen molar-refractivity contribution in [1.29, 1.82) is 0 Å². The fourth-order valence-electron chi connectivity index (χ4n) is 2.65. The summed E-state index contributed by atoms with van der Waals surface area (Å²) < 4.78 is 26.4. The first-order valence-electron chi connectivity index (χ1n) is 8.02. The number of carbonyl (C=O) groups is 1. The Morgan fingerprint density at radius 1 is 1.16 bits per heavy atom. The second kappa shape index (κ2) is 7.94. The number of piperazine rings is 1. The van der Waals surface area contributed by atoms with E-state index in [0.717, 1.165) is 5.82 Å². The van der Waals surface area contributed by atoms with Gasteiger partial charge in [-0.2, -0.15) is 4.31 Å². The van der Waals surface area contributed by atoms with Gasteiger partial charge < -0.3 is 10.2 Å². The third kappa shape index (κ3) is 4.56. The molecule has 1 saturated heterocycles. The summed E-state index contributed by atoms with van der Waals surface area (Å²) in [6, 6.07) is 9.20. The Labute approximate surface area is 151 Å². The molecule has 0 atom stereocenters. The molecule has 3 heterocycles. The van der Waals surface area contributed by atoms with Crippen LogP contribution in [-0.4, -0.2) is 62.1 Å². The Kier molecular flexibility index (Phi) is 5.67. The van der Waals surface area contributed by atoms with Crippen molar-refractivity contribution in [2.75, 3.05) is 43.4 Å². The summed E-state index contributed by atoms with van der Waals surface area (Å²) in [5.41, 5.74) is 0. The first-order valence-corrected chi connectivity index (χ1v) is 10.5. The smallest absolute Gasteiger partial charge is 0.261 e. The van der Waals surface area contributed by atoms with Crippen LogP contribution in [0.25, 0.3) is 0 Å². The van der Waals surface area contributed by atoms with Gasteiger partial charge in [-0.1, -0.05) is 12.1 Å². The lowest BCUT2D eigenvalue weighted by Crippen LogP contribution is -2.50. The van der Waals surface area contributed by atoms with Crippen molar-refractivity contribution >= 4 is 33.1 Å². The van der Waals surface area contributed by atoms with Gasteiger partial charge in [-0.3, -0.25) is 4.79 Å². The van der Waals surface area contributed by atoms with E-state index < -0.39 is 10.0 Å². The normalized spacial score (nSPS) is 15.9. The molecule has 0 saturated carbocycles.